The number of ether oxygens (including phenoxy) is 1. The van der Waals surface area contributed by atoms with E-state index >= 15 is 0 Å². The molecule has 0 unspecified atom stereocenters. The van der Waals surface area contributed by atoms with E-state index in [1.54, 1.807) is 30.3 Å². The number of carbonyl (C=O) groups is 2. The summed E-state index contributed by atoms with van der Waals surface area (Å²) in [4.78, 5) is 25.2. The summed E-state index contributed by atoms with van der Waals surface area (Å²) in [5.41, 5.74) is 1.63. The predicted molar refractivity (Wildman–Crippen MR) is 98.2 cm³/mol. The normalized spacial score (nSPS) is 10.6. The SMILES string of the molecule is COc1cc(CBr)ccc1C(=O)C(=O)c1ccc2ccccc2c1. The van der Waals surface area contributed by atoms with Gasteiger partial charge in [0.05, 0.1) is 12.7 Å². The van der Waals surface area contributed by atoms with Crippen LogP contribution >= 0.6 is 15.9 Å². The van der Waals surface area contributed by atoms with Gasteiger partial charge in [-0.05, 0) is 34.5 Å². The highest BCUT2D eigenvalue weighted by Gasteiger charge is 2.22. The quantitative estimate of drug-likeness (QED) is 0.361. The van der Waals surface area contributed by atoms with Crippen molar-refractivity contribution in [3.05, 3.63) is 77.4 Å². The van der Waals surface area contributed by atoms with E-state index in [2.05, 4.69) is 15.9 Å². The molecule has 0 bridgehead atoms. The molecule has 0 aliphatic carbocycles. The van der Waals surface area contributed by atoms with Gasteiger partial charge in [0.15, 0.2) is 0 Å². The molecule has 0 saturated heterocycles. The second kappa shape index (κ2) is 6.97. The van der Waals surface area contributed by atoms with Crippen LogP contribution < -0.4 is 4.74 Å². The Bertz CT molecular complexity index is 931. The first-order chi connectivity index (χ1) is 11.6. The van der Waals surface area contributed by atoms with Crippen LogP contribution in [0.1, 0.15) is 26.3 Å². The molecule has 0 saturated carbocycles. The van der Waals surface area contributed by atoms with Gasteiger partial charge in [0.1, 0.15) is 5.75 Å². The summed E-state index contributed by atoms with van der Waals surface area (Å²) in [5.74, 6) is -0.694. The van der Waals surface area contributed by atoms with Crippen LogP contribution in [0.15, 0.2) is 60.7 Å². The van der Waals surface area contributed by atoms with Crippen molar-refractivity contribution < 1.29 is 14.3 Å². The molecule has 4 heteroatoms. The molecule has 0 aliphatic rings. The zero-order chi connectivity index (χ0) is 17.1. The Hall–Kier alpha value is -2.46. The minimum absolute atomic E-state index is 0.278. The fourth-order valence-corrected chi connectivity index (χ4v) is 2.94. The molecule has 120 valence electrons. The van der Waals surface area contributed by atoms with Gasteiger partial charge in [0, 0.05) is 10.9 Å². The lowest BCUT2D eigenvalue weighted by Crippen LogP contribution is -2.15. The van der Waals surface area contributed by atoms with Crippen molar-refractivity contribution in [3.8, 4) is 5.75 Å². The second-order valence-corrected chi connectivity index (χ2v) is 5.95. The Balaban J connectivity index is 1.98. The van der Waals surface area contributed by atoms with Gasteiger partial charge in [-0.2, -0.15) is 0 Å². The van der Waals surface area contributed by atoms with Crippen molar-refractivity contribution in [2.75, 3.05) is 7.11 Å². The average Bonchev–Trinajstić information content (AvgIpc) is 2.65. The van der Waals surface area contributed by atoms with Gasteiger partial charge < -0.3 is 4.74 Å². The highest BCUT2D eigenvalue weighted by Crippen LogP contribution is 2.24. The lowest BCUT2D eigenvalue weighted by atomic mass is 9.98. The van der Waals surface area contributed by atoms with Crippen LogP contribution in [0, 0.1) is 0 Å². The fourth-order valence-electron chi connectivity index (χ4n) is 2.59. The molecule has 3 rings (SSSR count). The number of ketones is 2. The third-order valence-electron chi connectivity index (χ3n) is 3.88. The van der Waals surface area contributed by atoms with E-state index in [9.17, 15) is 9.59 Å². The molecule has 0 heterocycles. The van der Waals surface area contributed by atoms with E-state index in [4.69, 9.17) is 4.74 Å². The summed E-state index contributed by atoms with van der Waals surface area (Å²) in [5, 5.41) is 2.61. The number of alkyl halides is 1. The molecular weight excluding hydrogens is 368 g/mol. The summed E-state index contributed by atoms with van der Waals surface area (Å²) in [6.45, 7) is 0. The number of hydrogen-bond donors (Lipinski definition) is 0. The monoisotopic (exact) mass is 382 g/mol. The Kier molecular flexibility index (Phi) is 4.76. The average molecular weight is 383 g/mol. The zero-order valence-electron chi connectivity index (χ0n) is 13.1. The number of halogens is 1. The first kappa shape index (κ1) is 16.4. The van der Waals surface area contributed by atoms with Gasteiger partial charge in [0.2, 0.25) is 11.6 Å². The second-order valence-electron chi connectivity index (χ2n) is 5.39. The van der Waals surface area contributed by atoms with Crippen molar-refractivity contribution in [2.24, 2.45) is 0 Å². The van der Waals surface area contributed by atoms with Crippen molar-refractivity contribution in [3.63, 3.8) is 0 Å². The van der Waals surface area contributed by atoms with Crippen molar-refractivity contribution in [1.82, 2.24) is 0 Å². The molecule has 0 aliphatic heterocycles. The van der Waals surface area contributed by atoms with Gasteiger partial charge in [-0.1, -0.05) is 58.4 Å². The summed E-state index contributed by atoms with van der Waals surface area (Å²) in [6.07, 6.45) is 0. The Morgan fingerprint density at radius 1 is 0.917 bits per heavy atom. The van der Waals surface area contributed by atoms with Crippen LogP contribution in [0.2, 0.25) is 0 Å². The molecule has 24 heavy (non-hydrogen) atoms. The van der Waals surface area contributed by atoms with Gasteiger partial charge in [-0.15, -0.1) is 0 Å². The van der Waals surface area contributed by atoms with Crippen LogP contribution in [0.5, 0.6) is 5.75 Å². The maximum absolute atomic E-state index is 12.6. The van der Waals surface area contributed by atoms with Crippen molar-refractivity contribution in [2.45, 2.75) is 5.33 Å². The van der Waals surface area contributed by atoms with E-state index in [1.807, 2.05) is 30.3 Å². The number of Topliss-reactive ketones (excluding diaryl/α,β-unsaturated/α-hetero) is 2. The number of benzene rings is 3. The summed E-state index contributed by atoms with van der Waals surface area (Å²) < 4.78 is 5.27. The van der Waals surface area contributed by atoms with E-state index in [1.165, 1.54) is 7.11 Å². The number of rotatable bonds is 5. The van der Waals surface area contributed by atoms with Crippen LogP contribution in [0.25, 0.3) is 10.8 Å². The van der Waals surface area contributed by atoms with Gasteiger partial charge in [-0.25, -0.2) is 0 Å². The third kappa shape index (κ3) is 3.10. The van der Waals surface area contributed by atoms with Crippen molar-refractivity contribution >= 4 is 38.3 Å². The Morgan fingerprint density at radius 2 is 1.67 bits per heavy atom. The molecule has 3 aromatic carbocycles. The molecule has 0 N–H and O–H groups in total. The molecule has 0 fully saturated rings. The standard InChI is InChI=1S/C20H15BrO3/c1-24-18-10-13(12-21)6-9-17(18)20(23)19(22)16-8-7-14-4-2-3-5-15(14)11-16/h2-11H,12H2,1H3. The number of hydrogen-bond acceptors (Lipinski definition) is 3. The van der Waals surface area contributed by atoms with Gasteiger partial charge in [0.25, 0.3) is 0 Å². The highest BCUT2D eigenvalue weighted by atomic mass is 79.9. The number of methoxy groups -OCH3 is 1. The minimum atomic E-state index is -0.566. The topological polar surface area (TPSA) is 43.4 Å². The van der Waals surface area contributed by atoms with Crippen LogP contribution in [-0.2, 0) is 5.33 Å². The zero-order valence-corrected chi connectivity index (χ0v) is 14.7. The fraction of sp³-hybridized carbons (Fsp3) is 0.100. The summed E-state index contributed by atoms with van der Waals surface area (Å²) in [7, 11) is 1.49. The Morgan fingerprint density at radius 3 is 2.38 bits per heavy atom. The largest absolute Gasteiger partial charge is 0.496 e. The molecule has 0 spiro atoms. The number of fused-ring (bicyclic) bond motifs is 1. The molecule has 0 atom stereocenters. The minimum Gasteiger partial charge on any atom is -0.496 e. The molecule has 0 radical (unpaired) electrons. The van der Waals surface area contributed by atoms with E-state index in [0.717, 1.165) is 16.3 Å². The van der Waals surface area contributed by atoms with E-state index < -0.39 is 11.6 Å². The molecular formula is C20H15BrO3. The number of carbonyl (C=O) groups excluding carboxylic acids is 2. The lowest BCUT2D eigenvalue weighted by Gasteiger charge is -2.09. The van der Waals surface area contributed by atoms with Gasteiger partial charge in [-0.3, -0.25) is 9.59 Å². The molecule has 0 aromatic heterocycles. The lowest BCUT2D eigenvalue weighted by molar-refractivity contribution is 0.0815. The maximum atomic E-state index is 12.6. The van der Waals surface area contributed by atoms with Crippen molar-refractivity contribution in [1.29, 1.82) is 0 Å². The summed E-state index contributed by atoms with van der Waals surface area (Å²) >= 11 is 3.36. The Labute approximate surface area is 148 Å². The molecule has 0 amide bonds. The van der Waals surface area contributed by atoms with Crippen LogP contribution in [0.4, 0.5) is 0 Å². The van der Waals surface area contributed by atoms with E-state index in [0.29, 0.717) is 16.6 Å². The maximum Gasteiger partial charge on any atom is 0.237 e. The van der Waals surface area contributed by atoms with Crippen LogP contribution in [0.3, 0.4) is 0 Å². The third-order valence-corrected chi connectivity index (χ3v) is 4.53. The van der Waals surface area contributed by atoms with Gasteiger partial charge >= 0.3 is 0 Å². The first-order valence-corrected chi connectivity index (χ1v) is 8.57. The summed E-state index contributed by atoms with van der Waals surface area (Å²) in [6, 6.07) is 18.2. The first-order valence-electron chi connectivity index (χ1n) is 7.44. The smallest absolute Gasteiger partial charge is 0.237 e. The molecule has 3 aromatic rings. The van der Waals surface area contributed by atoms with E-state index in [-0.39, 0.29) is 5.56 Å². The molecule has 3 nitrogen and oxygen atoms in total. The highest BCUT2D eigenvalue weighted by molar-refractivity contribution is 9.08. The van der Waals surface area contributed by atoms with Crippen LogP contribution in [-0.4, -0.2) is 18.7 Å². The predicted octanol–water partition coefficient (Wildman–Crippen LogP) is 4.81.